The van der Waals surface area contributed by atoms with Gasteiger partial charge >= 0.3 is 0 Å². The van der Waals surface area contributed by atoms with Gasteiger partial charge < -0.3 is 15.2 Å². The third-order valence-electron chi connectivity index (χ3n) is 3.59. The lowest BCUT2D eigenvalue weighted by molar-refractivity contribution is 0.249. The van der Waals surface area contributed by atoms with Gasteiger partial charge in [-0.15, -0.1) is 0 Å². The first-order valence-corrected chi connectivity index (χ1v) is 7.17. The van der Waals surface area contributed by atoms with E-state index in [-0.39, 0.29) is 6.61 Å². The van der Waals surface area contributed by atoms with Crippen molar-refractivity contribution < 1.29 is 9.84 Å². The van der Waals surface area contributed by atoms with Crippen molar-refractivity contribution in [2.45, 2.75) is 39.2 Å². The van der Waals surface area contributed by atoms with Gasteiger partial charge in [-0.1, -0.05) is 31.5 Å². The largest absolute Gasteiger partial charge is 0.496 e. The van der Waals surface area contributed by atoms with Crippen LogP contribution in [0.3, 0.4) is 0 Å². The Balaban J connectivity index is 2.44. The first kappa shape index (κ1) is 16.0. The molecule has 1 rings (SSSR count). The van der Waals surface area contributed by atoms with Crippen molar-refractivity contribution >= 4 is 0 Å². The van der Waals surface area contributed by atoms with E-state index in [0.29, 0.717) is 12.0 Å². The molecule has 2 atom stereocenters. The van der Waals surface area contributed by atoms with Gasteiger partial charge in [-0.05, 0) is 43.9 Å². The minimum atomic E-state index is 0.279. The molecule has 0 amide bonds. The summed E-state index contributed by atoms with van der Waals surface area (Å²) < 4.78 is 5.37. The highest BCUT2D eigenvalue weighted by Gasteiger charge is 2.10. The quantitative estimate of drug-likeness (QED) is 0.721. The second kappa shape index (κ2) is 8.94. The fourth-order valence-corrected chi connectivity index (χ4v) is 2.27. The maximum absolute atomic E-state index is 8.99. The molecule has 0 saturated heterocycles. The van der Waals surface area contributed by atoms with Gasteiger partial charge in [0.1, 0.15) is 5.75 Å². The molecule has 0 aliphatic heterocycles. The summed E-state index contributed by atoms with van der Waals surface area (Å²) >= 11 is 0. The topological polar surface area (TPSA) is 41.5 Å². The molecule has 0 fully saturated rings. The highest BCUT2D eigenvalue weighted by molar-refractivity contribution is 5.33. The van der Waals surface area contributed by atoms with Gasteiger partial charge in [0.05, 0.1) is 7.11 Å². The average molecular weight is 265 g/mol. The lowest BCUT2D eigenvalue weighted by Crippen LogP contribution is -2.33. The fourth-order valence-electron chi connectivity index (χ4n) is 2.27. The molecule has 0 heterocycles. The van der Waals surface area contributed by atoms with Crippen molar-refractivity contribution in [3.05, 3.63) is 29.8 Å². The van der Waals surface area contributed by atoms with Crippen LogP contribution in [0.1, 0.15) is 32.3 Å². The Morgan fingerprint density at radius 1 is 1.32 bits per heavy atom. The Bertz CT molecular complexity index is 354. The van der Waals surface area contributed by atoms with Gasteiger partial charge in [-0.3, -0.25) is 0 Å². The number of para-hydroxylation sites is 1. The second-order valence-electron chi connectivity index (χ2n) is 5.11. The van der Waals surface area contributed by atoms with Gasteiger partial charge in [0.15, 0.2) is 0 Å². The fraction of sp³-hybridized carbons (Fsp3) is 0.625. The van der Waals surface area contributed by atoms with Crippen molar-refractivity contribution in [1.82, 2.24) is 5.32 Å². The molecular weight excluding hydrogens is 238 g/mol. The predicted molar refractivity (Wildman–Crippen MR) is 79.6 cm³/mol. The third-order valence-corrected chi connectivity index (χ3v) is 3.59. The van der Waals surface area contributed by atoms with Crippen LogP contribution in [0.2, 0.25) is 0 Å². The molecule has 1 aromatic carbocycles. The first-order valence-electron chi connectivity index (χ1n) is 7.17. The molecule has 0 saturated carbocycles. The standard InChI is InChI=1S/C16H27NO2/c1-4-14(9-10-18)12-17-13(2)11-15-7-5-6-8-16(15)19-3/h5-8,13-14,17-18H,4,9-12H2,1-3H3. The zero-order valence-electron chi connectivity index (χ0n) is 12.4. The summed E-state index contributed by atoms with van der Waals surface area (Å²) in [6.07, 6.45) is 2.94. The van der Waals surface area contributed by atoms with E-state index in [4.69, 9.17) is 9.84 Å². The van der Waals surface area contributed by atoms with E-state index in [1.165, 1.54) is 5.56 Å². The van der Waals surface area contributed by atoms with Crippen molar-refractivity contribution in [2.75, 3.05) is 20.3 Å². The molecule has 19 heavy (non-hydrogen) atoms. The van der Waals surface area contributed by atoms with Crippen molar-refractivity contribution in [2.24, 2.45) is 5.92 Å². The summed E-state index contributed by atoms with van der Waals surface area (Å²) in [7, 11) is 1.71. The van der Waals surface area contributed by atoms with E-state index < -0.39 is 0 Å². The van der Waals surface area contributed by atoms with Crippen LogP contribution >= 0.6 is 0 Å². The smallest absolute Gasteiger partial charge is 0.122 e. The second-order valence-corrected chi connectivity index (χ2v) is 5.11. The third kappa shape index (κ3) is 5.62. The molecule has 3 nitrogen and oxygen atoms in total. The van der Waals surface area contributed by atoms with Crippen LogP contribution in [-0.2, 0) is 6.42 Å². The van der Waals surface area contributed by atoms with E-state index in [2.05, 4.69) is 25.2 Å². The van der Waals surface area contributed by atoms with Crippen LogP contribution in [0.5, 0.6) is 5.75 Å². The summed E-state index contributed by atoms with van der Waals surface area (Å²) in [5.74, 6) is 1.52. The number of methoxy groups -OCH3 is 1. The van der Waals surface area contributed by atoms with Gasteiger partial charge in [-0.25, -0.2) is 0 Å². The minimum absolute atomic E-state index is 0.279. The van der Waals surface area contributed by atoms with Crippen LogP contribution in [0.4, 0.5) is 0 Å². The maximum Gasteiger partial charge on any atom is 0.122 e. The zero-order chi connectivity index (χ0) is 14.1. The number of aliphatic hydroxyl groups is 1. The average Bonchev–Trinajstić information content (AvgIpc) is 2.44. The van der Waals surface area contributed by atoms with E-state index in [1.54, 1.807) is 7.11 Å². The molecule has 0 spiro atoms. The van der Waals surface area contributed by atoms with E-state index in [1.807, 2.05) is 18.2 Å². The van der Waals surface area contributed by atoms with Crippen molar-refractivity contribution in [3.63, 3.8) is 0 Å². The van der Waals surface area contributed by atoms with Crippen LogP contribution in [-0.4, -0.2) is 31.4 Å². The van der Waals surface area contributed by atoms with Crippen LogP contribution in [0.25, 0.3) is 0 Å². The summed E-state index contributed by atoms with van der Waals surface area (Å²) in [6, 6.07) is 8.56. The summed E-state index contributed by atoms with van der Waals surface area (Å²) in [5.41, 5.74) is 1.24. The Kier molecular flexibility index (Phi) is 7.53. The molecule has 0 bridgehead atoms. The molecule has 0 aliphatic carbocycles. The Morgan fingerprint density at radius 3 is 2.68 bits per heavy atom. The Hall–Kier alpha value is -1.06. The normalized spacial score (nSPS) is 14.1. The molecule has 108 valence electrons. The maximum atomic E-state index is 8.99. The zero-order valence-corrected chi connectivity index (χ0v) is 12.4. The number of nitrogens with one attached hydrogen (secondary N) is 1. The monoisotopic (exact) mass is 265 g/mol. The number of benzene rings is 1. The van der Waals surface area contributed by atoms with Gasteiger partial charge in [0.25, 0.3) is 0 Å². The van der Waals surface area contributed by atoms with Gasteiger partial charge in [0.2, 0.25) is 0 Å². The van der Waals surface area contributed by atoms with Crippen molar-refractivity contribution in [3.8, 4) is 5.75 Å². The molecule has 2 N–H and O–H groups in total. The van der Waals surface area contributed by atoms with Crippen LogP contribution < -0.4 is 10.1 Å². The molecule has 0 aliphatic rings. The minimum Gasteiger partial charge on any atom is -0.496 e. The van der Waals surface area contributed by atoms with E-state index in [0.717, 1.165) is 31.6 Å². The molecule has 0 aromatic heterocycles. The molecule has 1 aromatic rings. The summed E-state index contributed by atoms with van der Waals surface area (Å²) in [6.45, 7) is 5.61. The van der Waals surface area contributed by atoms with Crippen LogP contribution in [0, 0.1) is 5.92 Å². The number of rotatable bonds is 9. The van der Waals surface area contributed by atoms with Gasteiger partial charge in [0, 0.05) is 12.6 Å². The molecular formula is C16H27NO2. The highest BCUT2D eigenvalue weighted by atomic mass is 16.5. The number of ether oxygens (including phenoxy) is 1. The first-order chi connectivity index (χ1) is 9.21. The van der Waals surface area contributed by atoms with Crippen LogP contribution in [0.15, 0.2) is 24.3 Å². The van der Waals surface area contributed by atoms with Gasteiger partial charge in [-0.2, -0.15) is 0 Å². The highest BCUT2D eigenvalue weighted by Crippen LogP contribution is 2.19. The SMILES string of the molecule is CCC(CCO)CNC(C)Cc1ccccc1OC. The lowest BCUT2D eigenvalue weighted by atomic mass is 10.0. The summed E-state index contributed by atoms with van der Waals surface area (Å²) in [4.78, 5) is 0. The Labute approximate surface area is 117 Å². The number of aliphatic hydroxyl groups excluding tert-OH is 1. The van der Waals surface area contributed by atoms with Crippen molar-refractivity contribution in [1.29, 1.82) is 0 Å². The molecule has 2 unspecified atom stereocenters. The molecule has 0 radical (unpaired) electrons. The lowest BCUT2D eigenvalue weighted by Gasteiger charge is -2.20. The Morgan fingerprint density at radius 2 is 2.05 bits per heavy atom. The predicted octanol–water partition coefficient (Wildman–Crippen LogP) is 2.62. The van der Waals surface area contributed by atoms with E-state index in [9.17, 15) is 0 Å². The summed E-state index contributed by atoms with van der Waals surface area (Å²) in [5, 5.41) is 12.5. The molecule has 3 heteroatoms. The number of hydrogen-bond acceptors (Lipinski definition) is 3. The van der Waals surface area contributed by atoms with E-state index >= 15 is 0 Å². The number of hydrogen-bond donors (Lipinski definition) is 2.